The Labute approximate surface area is 140 Å². The highest BCUT2D eigenvalue weighted by molar-refractivity contribution is 5.40. The fourth-order valence-corrected chi connectivity index (χ4v) is 3.36. The Kier molecular flexibility index (Phi) is 4.92. The number of aryl methyl sites for hydroxylation is 1. The number of benzene rings is 2. The number of halogens is 3. The minimum absolute atomic E-state index is 0.331. The van der Waals surface area contributed by atoms with Crippen molar-refractivity contribution >= 4 is 0 Å². The molecule has 1 heterocycles. The lowest BCUT2D eigenvalue weighted by atomic mass is 9.91. The van der Waals surface area contributed by atoms with E-state index in [4.69, 9.17) is 0 Å². The highest BCUT2D eigenvalue weighted by Gasteiger charge is 2.37. The fourth-order valence-electron chi connectivity index (χ4n) is 3.36. The summed E-state index contributed by atoms with van der Waals surface area (Å²) >= 11 is 0. The number of hydrogen-bond donors (Lipinski definition) is 1. The van der Waals surface area contributed by atoms with E-state index in [-0.39, 0.29) is 6.04 Å². The summed E-state index contributed by atoms with van der Waals surface area (Å²) in [6.07, 6.45) is -4.35. The van der Waals surface area contributed by atoms with Gasteiger partial charge in [0.15, 0.2) is 0 Å². The van der Waals surface area contributed by atoms with E-state index >= 15 is 0 Å². The molecular weight excluding hydrogens is 313 g/mol. The molecule has 2 aromatic carbocycles. The fraction of sp³-hybridized carbons (Fsp3) is 0.368. The first-order valence-corrected chi connectivity index (χ1v) is 8.14. The van der Waals surface area contributed by atoms with Crippen LogP contribution in [-0.2, 0) is 6.18 Å². The summed E-state index contributed by atoms with van der Waals surface area (Å²) in [4.78, 5) is 2.13. The summed E-state index contributed by atoms with van der Waals surface area (Å²) in [5, 5.41) is 3.26. The van der Waals surface area contributed by atoms with Crippen molar-refractivity contribution in [3.63, 3.8) is 0 Å². The Balaban J connectivity index is 2.12. The number of nitrogens with zero attached hydrogens (tertiary/aromatic N) is 1. The van der Waals surface area contributed by atoms with Crippen LogP contribution in [0.1, 0.15) is 28.3 Å². The summed E-state index contributed by atoms with van der Waals surface area (Å²) in [5.41, 5.74) is 1.75. The second kappa shape index (κ2) is 6.95. The predicted molar refractivity (Wildman–Crippen MR) is 88.9 cm³/mol. The van der Waals surface area contributed by atoms with Crippen LogP contribution in [-0.4, -0.2) is 31.1 Å². The van der Waals surface area contributed by atoms with Gasteiger partial charge < -0.3 is 5.32 Å². The van der Waals surface area contributed by atoms with Crippen LogP contribution in [0.2, 0.25) is 0 Å². The van der Waals surface area contributed by atoms with Gasteiger partial charge in [0.05, 0.1) is 11.6 Å². The summed E-state index contributed by atoms with van der Waals surface area (Å²) in [6.45, 7) is 5.00. The second-order valence-corrected chi connectivity index (χ2v) is 6.19. The van der Waals surface area contributed by atoms with Crippen LogP contribution >= 0.6 is 0 Å². The van der Waals surface area contributed by atoms with Crippen LogP contribution in [0, 0.1) is 6.92 Å². The van der Waals surface area contributed by atoms with Crippen LogP contribution in [0.3, 0.4) is 0 Å². The van der Waals surface area contributed by atoms with Gasteiger partial charge in [-0.2, -0.15) is 13.2 Å². The zero-order chi connectivity index (χ0) is 17.2. The molecule has 24 heavy (non-hydrogen) atoms. The Bertz CT molecular complexity index is 691. The molecule has 1 fully saturated rings. The van der Waals surface area contributed by atoms with Gasteiger partial charge in [-0.3, -0.25) is 4.90 Å². The molecule has 2 aromatic rings. The molecule has 1 N–H and O–H groups in total. The Hall–Kier alpha value is -1.85. The van der Waals surface area contributed by atoms with Crippen molar-refractivity contribution in [1.82, 2.24) is 10.2 Å². The first kappa shape index (κ1) is 17.0. The maximum atomic E-state index is 13.5. The molecule has 0 radical (unpaired) electrons. The molecule has 5 heteroatoms. The number of hydrogen-bond acceptors (Lipinski definition) is 2. The van der Waals surface area contributed by atoms with Crippen molar-refractivity contribution in [2.24, 2.45) is 0 Å². The van der Waals surface area contributed by atoms with Gasteiger partial charge in [-0.05, 0) is 24.1 Å². The standard InChI is InChI=1S/C19H21F3N2/c1-14-5-4-6-15(13-14)18(24-11-9-23-10-12-24)16-7-2-3-8-17(16)19(20,21)22/h2-8,13,18,23H,9-12H2,1H3. The van der Waals surface area contributed by atoms with Crippen molar-refractivity contribution in [3.8, 4) is 0 Å². The smallest absolute Gasteiger partial charge is 0.314 e. The lowest BCUT2D eigenvalue weighted by molar-refractivity contribution is -0.138. The van der Waals surface area contributed by atoms with E-state index in [1.165, 1.54) is 12.1 Å². The van der Waals surface area contributed by atoms with Crippen molar-refractivity contribution in [1.29, 1.82) is 0 Å². The van der Waals surface area contributed by atoms with Crippen LogP contribution in [0.5, 0.6) is 0 Å². The molecule has 1 aliphatic heterocycles. The summed E-state index contributed by atoms with van der Waals surface area (Å²) in [5.74, 6) is 0. The Morgan fingerprint density at radius 3 is 2.38 bits per heavy atom. The molecule has 1 saturated heterocycles. The van der Waals surface area contributed by atoms with Gasteiger partial charge in [-0.1, -0.05) is 48.0 Å². The number of piperazine rings is 1. The van der Waals surface area contributed by atoms with Gasteiger partial charge >= 0.3 is 6.18 Å². The van der Waals surface area contributed by atoms with Gasteiger partial charge in [0, 0.05) is 26.2 Å². The molecule has 0 amide bonds. The molecule has 0 saturated carbocycles. The van der Waals surface area contributed by atoms with Gasteiger partial charge in [-0.15, -0.1) is 0 Å². The molecule has 128 valence electrons. The zero-order valence-corrected chi connectivity index (χ0v) is 13.6. The molecule has 3 rings (SSSR count). The summed E-state index contributed by atoms with van der Waals surface area (Å²) in [7, 11) is 0. The number of rotatable bonds is 3. The van der Waals surface area contributed by atoms with E-state index in [0.29, 0.717) is 5.56 Å². The highest BCUT2D eigenvalue weighted by atomic mass is 19.4. The van der Waals surface area contributed by atoms with E-state index < -0.39 is 11.7 Å². The normalized spacial score (nSPS) is 17.7. The maximum absolute atomic E-state index is 13.5. The van der Waals surface area contributed by atoms with Gasteiger partial charge in [0.25, 0.3) is 0 Å². The Morgan fingerprint density at radius 1 is 1.00 bits per heavy atom. The second-order valence-electron chi connectivity index (χ2n) is 6.19. The van der Waals surface area contributed by atoms with Gasteiger partial charge in [-0.25, -0.2) is 0 Å². The van der Waals surface area contributed by atoms with Crippen LogP contribution < -0.4 is 5.32 Å². The van der Waals surface area contributed by atoms with Crippen molar-refractivity contribution in [3.05, 3.63) is 70.8 Å². The van der Waals surface area contributed by atoms with Crippen molar-refractivity contribution in [2.45, 2.75) is 19.1 Å². The maximum Gasteiger partial charge on any atom is 0.416 e. The summed E-state index contributed by atoms with van der Waals surface area (Å²) in [6, 6.07) is 13.3. The third-order valence-corrected chi connectivity index (χ3v) is 4.44. The number of alkyl halides is 3. The van der Waals surface area contributed by atoms with E-state index in [1.807, 2.05) is 31.2 Å². The minimum atomic E-state index is -4.35. The Morgan fingerprint density at radius 2 is 1.71 bits per heavy atom. The van der Waals surface area contributed by atoms with Gasteiger partial charge in [0.1, 0.15) is 0 Å². The average molecular weight is 334 g/mol. The predicted octanol–water partition coefficient (Wildman–Crippen LogP) is 4.01. The van der Waals surface area contributed by atoms with E-state index in [0.717, 1.165) is 37.3 Å². The molecule has 1 unspecified atom stereocenters. The van der Waals surface area contributed by atoms with Crippen molar-refractivity contribution in [2.75, 3.05) is 26.2 Å². The largest absolute Gasteiger partial charge is 0.416 e. The minimum Gasteiger partial charge on any atom is -0.314 e. The van der Waals surface area contributed by atoms with Crippen LogP contribution in [0.25, 0.3) is 0 Å². The summed E-state index contributed by atoms with van der Waals surface area (Å²) < 4.78 is 40.6. The molecule has 0 aromatic heterocycles. The SMILES string of the molecule is Cc1cccc(C(c2ccccc2C(F)(F)F)N2CCNCC2)c1. The first-order valence-electron chi connectivity index (χ1n) is 8.14. The topological polar surface area (TPSA) is 15.3 Å². The van der Waals surface area contributed by atoms with Crippen LogP contribution in [0.4, 0.5) is 13.2 Å². The molecule has 1 aliphatic rings. The molecule has 0 bridgehead atoms. The molecule has 0 aliphatic carbocycles. The lowest BCUT2D eigenvalue weighted by Gasteiger charge is -2.36. The monoisotopic (exact) mass is 334 g/mol. The van der Waals surface area contributed by atoms with Crippen LogP contribution in [0.15, 0.2) is 48.5 Å². The highest BCUT2D eigenvalue weighted by Crippen LogP contribution is 2.39. The molecule has 0 spiro atoms. The third kappa shape index (κ3) is 3.62. The molecule has 1 atom stereocenters. The van der Waals surface area contributed by atoms with E-state index in [2.05, 4.69) is 10.2 Å². The average Bonchev–Trinajstić information content (AvgIpc) is 2.56. The lowest BCUT2D eigenvalue weighted by Crippen LogP contribution is -2.45. The van der Waals surface area contributed by atoms with E-state index in [9.17, 15) is 13.2 Å². The zero-order valence-electron chi connectivity index (χ0n) is 13.6. The number of nitrogens with one attached hydrogen (secondary N) is 1. The third-order valence-electron chi connectivity index (χ3n) is 4.44. The quantitative estimate of drug-likeness (QED) is 0.912. The molecular formula is C19H21F3N2. The van der Waals surface area contributed by atoms with Gasteiger partial charge in [0.2, 0.25) is 0 Å². The molecule has 2 nitrogen and oxygen atoms in total. The van der Waals surface area contributed by atoms with E-state index in [1.54, 1.807) is 12.1 Å². The first-order chi connectivity index (χ1) is 11.5. The van der Waals surface area contributed by atoms with Crippen molar-refractivity contribution < 1.29 is 13.2 Å².